The molecule has 2 nitrogen and oxygen atoms in total. The molecule has 1 unspecified atom stereocenters. The van der Waals surface area contributed by atoms with Gasteiger partial charge >= 0.3 is 0 Å². The van der Waals surface area contributed by atoms with Gasteiger partial charge in [0.25, 0.3) is 0 Å². The number of hydrogen-bond acceptors (Lipinski definition) is 2. The Morgan fingerprint density at radius 3 is 2.76 bits per heavy atom. The van der Waals surface area contributed by atoms with E-state index >= 15 is 0 Å². The molecule has 2 aromatic rings. The molecule has 0 radical (unpaired) electrons. The van der Waals surface area contributed by atoms with Gasteiger partial charge in [-0.2, -0.15) is 0 Å². The van der Waals surface area contributed by atoms with Crippen molar-refractivity contribution in [2.24, 2.45) is 0 Å². The Morgan fingerprint density at radius 1 is 1.29 bits per heavy atom. The number of nitrogens with zero attached hydrogens (tertiary/aromatic N) is 1. The number of halogens is 3. The Balaban J connectivity index is 2.26. The largest absolute Gasteiger partial charge is 0.308 e. The van der Waals surface area contributed by atoms with Crippen LogP contribution in [0.15, 0.2) is 41.0 Å². The minimum atomic E-state index is 0.110. The average molecular weight is 388 g/mol. The summed E-state index contributed by atoms with van der Waals surface area (Å²) in [6.45, 7) is 3.08. The highest BCUT2D eigenvalue weighted by atomic mass is 79.9. The van der Waals surface area contributed by atoms with Gasteiger partial charge in [-0.25, -0.2) is 0 Å². The van der Waals surface area contributed by atoms with Gasteiger partial charge in [0.1, 0.15) is 0 Å². The molecule has 0 fully saturated rings. The molecule has 0 bridgehead atoms. The summed E-state index contributed by atoms with van der Waals surface area (Å²) in [4.78, 5) is 4.50. The van der Waals surface area contributed by atoms with E-state index in [-0.39, 0.29) is 6.04 Å². The lowest BCUT2D eigenvalue weighted by atomic mass is 10.0. The third-order valence-electron chi connectivity index (χ3n) is 3.20. The molecule has 1 N–H and O–H groups in total. The molecule has 2 rings (SSSR count). The summed E-state index contributed by atoms with van der Waals surface area (Å²) in [5.41, 5.74) is 2.06. The van der Waals surface area contributed by atoms with Gasteiger partial charge in [-0.15, -0.1) is 0 Å². The highest BCUT2D eigenvalue weighted by molar-refractivity contribution is 9.10. The summed E-state index contributed by atoms with van der Waals surface area (Å²) in [6.07, 6.45) is 3.64. The first kappa shape index (κ1) is 16.8. The minimum absolute atomic E-state index is 0.110. The van der Waals surface area contributed by atoms with Crippen molar-refractivity contribution in [3.05, 3.63) is 62.3 Å². The fraction of sp³-hybridized carbons (Fsp3) is 0.312. The highest BCUT2D eigenvalue weighted by Gasteiger charge is 2.17. The predicted molar refractivity (Wildman–Crippen MR) is 93.1 cm³/mol. The lowest BCUT2D eigenvalue weighted by Crippen LogP contribution is -2.25. The SMILES string of the molecule is CCCNC(Cc1ccc(Cl)cc1Cl)c1ncccc1Br. The molecule has 0 aliphatic carbocycles. The van der Waals surface area contributed by atoms with Crippen molar-refractivity contribution in [3.8, 4) is 0 Å². The molecule has 1 heterocycles. The fourth-order valence-electron chi connectivity index (χ4n) is 2.15. The lowest BCUT2D eigenvalue weighted by Gasteiger charge is -2.20. The topological polar surface area (TPSA) is 24.9 Å². The molecule has 0 aliphatic rings. The van der Waals surface area contributed by atoms with Gasteiger partial charge in [0.15, 0.2) is 0 Å². The van der Waals surface area contributed by atoms with Crippen molar-refractivity contribution in [1.82, 2.24) is 10.3 Å². The molecular formula is C16H17BrCl2N2. The molecule has 0 amide bonds. The van der Waals surface area contributed by atoms with Gasteiger partial charge in [0.05, 0.1) is 11.7 Å². The molecule has 112 valence electrons. The van der Waals surface area contributed by atoms with E-state index in [9.17, 15) is 0 Å². The Morgan fingerprint density at radius 2 is 2.10 bits per heavy atom. The zero-order chi connectivity index (χ0) is 15.2. The van der Waals surface area contributed by atoms with Crippen LogP contribution >= 0.6 is 39.1 Å². The number of pyridine rings is 1. The summed E-state index contributed by atoms with van der Waals surface area (Å²) < 4.78 is 1.00. The second kappa shape index (κ2) is 8.14. The van der Waals surface area contributed by atoms with Crippen molar-refractivity contribution in [2.45, 2.75) is 25.8 Å². The smallest absolute Gasteiger partial charge is 0.0718 e. The summed E-state index contributed by atoms with van der Waals surface area (Å²) >= 11 is 15.8. The fourth-order valence-corrected chi connectivity index (χ4v) is 3.16. The van der Waals surface area contributed by atoms with Gasteiger partial charge in [0, 0.05) is 20.7 Å². The van der Waals surface area contributed by atoms with Crippen LogP contribution in [-0.2, 0) is 6.42 Å². The van der Waals surface area contributed by atoms with Crippen LogP contribution in [0.3, 0.4) is 0 Å². The number of nitrogens with one attached hydrogen (secondary N) is 1. The van der Waals surface area contributed by atoms with Crippen molar-refractivity contribution in [2.75, 3.05) is 6.54 Å². The number of benzene rings is 1. The van der Waals surface area contributed by atoms with E-state index in [0.717, 1.165) is 35.1 Å². The van der Waals surface area contributed by atoms with Gasteiger partial charge in [0.2, 0.25) is 0 Å². The van der Waals surface area contributed by atoms with Gasteiger partial charge in [-0.3, -0.25) is 4.98 Å². The Hall–Kier alpha value is -0.610. The Labute approximate surface area is 144 Å². The third kappa shape index (κ3) is 4.68. The van der Waals surface area contributed by atoms with Crippen LogP contribution in [-0.4, -0.2) is 11.5 Å². The zero-order valence-electron chi connectivity index (χ0n) is 11.7. The zero-order valence-corrected chi connectivity index (χ0v) is 14.8. The van der Waals surface area contributed by atoms with E-state index in [1.165, 1.54) is 0 Å². The summed E-state index contributed by atoms with van der Waals surface area (Å²) in [6, 6.07) is 9.66. The summed E-state index contributed by atoms with van der Waals surface area (Å²) in [7, 11) is 0. The minimum Gasteiger partial charge on any atom is -0.308 e. The molecule has 0 aliphatic heterocycles. The van der Waals surface area contributed by atoms with E-state index in [4.69, 9.17) is 23.2 Å². The van der Waals surface area contributed by atoms with E-state index in [1.807, 2.05) is 30.5 Å². The molecule has 1 atom stereocenters. The van der Waals surface area contributed by atoms with Crippen LogP contribution in [0.1, 0.15) is 30.6 Å². The molecule has 0 saturated heterocycles. The molecule has 21 heavy (non-hydrogen) atoms. The van der Waals surface area contributed by atoms with Gasteiger partial charge in [-0.1, -0.05) is 36.2 Å². The first-order chi connectivity index (χ1) is 10.1. The quantitative estimate of drug-likeness (QED) is 0.714. The first-order valence-corrected chi connectivity index (χ1v) is 8.44. The highest BCUT2D eigenvalue weighted by Crippen LogP contribution is 2.28. The number of aromatic nitrogens is 1. The van der Waals surface area contributed by atoms with Gasteiger partial charge < -0.3 is 5.32 Å². The molecule has 5 heteroatoms. The number of rotatable bonds is 6. The lowest BCUT2D eigenvalue weighted by molar-refractivity contribution is 0.516. The van der Waals surface area contributed by atoms with Gasteiger partial charge in [-0.05, 0) is 65.1 Å². The van der Waals surface area contributed by atoms with Crippen LogP contribution < -0.4 is 5.32 Å². The van der Waals surface area contributed by atoms with Crippen molar-refractivity contribution >= 4 is 39.1 Å². The molecule has 1 aromatic carbocycles. The van der Waals surface area contributed by atoms with E-state index in [2.05, 4.69) is 33.2 Å². The summed E-state index contributed by atoms with van der Waals surface area (Å²) in [5, 5.41) is 4.88. The van der Waals surface area contributed by atoms with Crippen molar-refractivity contribution < 1.29 is 0 Å². The van der Waals surface area contributed by atoms with Crippen LogP contribution in [0.2, 0.25) is 10.0 Å². The van der Waals surface area contributed by atoms with Crippen LogP contribution in [0.25, 0.3) is 0 Å². The molecule has 0 saturated carbocycles. The molecule has 1 aromatic heterocycles. The monoisotopic (exact) mass is 386 g/mol. The van der Waals surface area contributed by atoms with Crippen molar-refractivity contribution in [3.63, 3.8) is 0 Å². The summed E-state index contributed by atoms with van der Waals surface area (Å²) in [5.74, 6) is 0. The van der Waals surface area contributed by atoms with Crippen LogP contribution in [0, 0.1) is 0 Å². The van der Waals surface area contributed by atoms with Crippen molar-refractivity contribution in [1.29, 1.82) is 0 Å². The van der Waals surface area contributed by atoms with E-state index < -0.39 is 0 Å². The second-order valence-corrected chi connectivity index (χ2v) is 6.52. The maximum atomic E-state index is 6.29. The normalized spacial score (nSPS) is 12.4. The maximum Gasteiger partial charge on any atom is 0.0718 e. The standard InChI is InChI=1S/C16H17BrCl2N2/c1-2-7-20-15(16-13(17)4-3-8-21-16)9-11-5-6-12(18)10-14(11)19/h3-6,8,10,15,20H,2,7,9H2,1H3. The van der Waals surface area contributed by atoms with Crippen LogP contribution in [0.4, 0.5) is 0 Å². The Bertz CT molecular complexity index is 605. The first-order valence-electron chi connectivity index (χ1n) is 6.89. The Kier molecular flexibility index (Phi) is 6.49. The molecular weight excluding hydrogens is 371 g/mol. The number of hydrogen-bond donors (Lipinski definition) is 1. The predicted octanol–water partition coefficient (Wildman–Crippen LogP) is 5.43. The maximum absolute atomic E-state index is 6.29. The molecule has 0 spiro atoms. The second-order valence-electron chi connectivity index (χ2n) is 4.82. The average Bonchev–Trinajstić information content (AvgIpc) is 2.46. The van der Waals surface area contributed by atoms with E-state index in [0.29, 0.717) is 10.0 Å². The third-order valence-corrected chi connectivity index (χ3v) is 4.45. The van der Waals surface area contributed by atoms with E-state index in [1.54, 1.807) is 6.07 Å². The van der Waals surface area contributed by atoms with Crippen LogP contribution in [0.5, 0.6) is 0 Å².